The van der Waals surface area contributed by atoms with Crippen molar-refractivity contribution in [1.29, 1.82) is 0 Å². The highest BCUT2D eigenvalue weighted by molar-refractivity contribution is 7.90. The summed E-state index contributed by atoms with van der Waals surface area (Å²) in [6.07, 6.45) is 3.81. The second kappa shape index (κ2) is 10.8. The molecule has 7 nitrogen and oxygen atoms in total. The molecule has 3 rings (SSSR count). The molecule has 1 saturated heterocycles. The first-order valence-corrected chi connectivity index (χ1v) is 12.9. The van der Waals surface area contributed by atoms with E-state index in [9.17, 15) is 22.0 Å². The van der Waals surface area contributed by atoms with Crippen molar-refractivity contribution in [2.24, 2.45) is 5.92 Å². The number of amides is 1. The Morgan fingerprint density at radius 1 is 1.16 bits per heavy atom. The van der Waals surface area contributed by atoms with Crippen molar-refractivity contribution in [2.75, 3.05) is 45.7 Å². The Hall–Kier alpha value is -1.94. The highest BCUT2D eigenvalue weighted by Crippen LogP contribution is 2.30. The molecule has 0 spiro atoms. The summed E-state index contributed by atoms with van der Waals surface area (Å²) in [5.74, 6) is -0.276. The van der Waals surface area contributed by atoms with E-state index < -0.39 is 34.5 Å². The van der Waals surface area contributed by atoms with Gasteiger partial charge in [0, 0.05) is 38.5 Å². The zero-order valence-electron chi connectivity index (χ0n) is 18.6. The summed E-state index contributed by atoms with van der Waals surface area (Å²) in [5.41, 5.74) is 0. The van der Waals surface area contributed by atoms with Crippen LogP contribution >= 0.6 is 0 Å². The van der Waals surface area contributed by atoms with Crippen LogP contribution in [0.15, 0.2) is 23.1 Å². The van der Waals surface area contributed by atoms with E-state index in [1.54, 1.807) is 4.90 Å². The molecule has 1 heterocycles. The molecule has 1 saturated carbocycles. The van der Waals surface area contributed by atoms with Crippen LogP contribution in [-0.4, -0.2) is 82.2 Å². The number of hydrogen-bond acceptors (Lipinski definition) is 6. The zero-order valence-corrected chi connectivity index (χ0v) is 19.5. The number of halogens is 2. The van der Waals surface area contributed by atoms with E-state index in [0.717, 1.165) is 51.1 Å². The van der Waals surface area contributed by atoms with E-state index in [1.165, 1.54) is 19.1 Å². The van der Waals surface area contributed by atoms with Crippen LogP contribution in [0, 0.1) is 11.7 Å². The van der Waals surface area contributed by atoms with Crippen molar-refractivity contribution in [3.05, 3.63) is 24.0 Å². The Labute approximate surface area is 188 Å². The second-order valence-corrected chi connectivity index (χ2v) is 10.7. The summed E-state index contributed by atoms with van der Waals surface area (Å²) in [7, 11) is -3.45. The van der Waals surface area contributed by atoms with Gasteiger partial charge in [0.2, 0.25) is 0 Å². The summed E-state index contributed by atoms with van der Waals surface area (Å²) >= 11 is 0. The molecule has 1 aliphatic heterocycles. The van der Waals surface area contributed by atoms with Gasteiger partial charge >= 0.3 is 6.09 Å². The van der Waals surface area contributed by atoms with Crippen LogP contribution in [0.25, 0.3) is 0 Å². The quantitative estimate of drug-likeness (QED) is 0.604. The summed E-state index contributed by atoms with van der Waals surface area (Å²) in [4.78, 5) is 16.0. The summed E-state index contributed by atoms with van der Waals surface area (Å²) in [5, 5.41) is 0. The number of carbonyl (C=O) groups is 1. The molecular formula is C22H32F2N2O5S. The van der Waals surface area contributed by atoms with Gasteiger partial charge in [-0.3, -0.25) is 4.90 Å². The highest BCUT2D eigenvalue weighted by atomic mass is 32.2. The van der Waals surface area contributed by atoms with Gasteiger partial charge in [-0.25, -0.2) is 22.0 Å². The molecule has 0 N–H and O–H groups in total. The maximum absolute atomic E-state index is 14.2. The average Bonchev–Trinajstić information content (AvgIpc) is 2.78. The zero-order chi connectivity index (χ0) is 23.3. The number of ether oxygens (including phenoxy) is 2. The molecule has 10 heteroatoms. The predicted molar refractivity (Wildman–Crippen MR) is 116 cm³/mol. The number of benzene rings is 1. The van der Waals surface area contributed by atoms with Crippen molar-refractivity contribution in [3.8, 4) is 5.75 Å². The van der Waals surface area contributed by atoms with Gasteiger partial charge in [0.15, 0.2) is 21.4 Å². The molecule has 1 aliphatic carbocycles. The Morgan fingerprint density at radius 3 is 2.38 bits per heavy atom. The van der Waals surface area contributed by atoms with Crippen molar-refractivity contribution >= 4 is 15.9 Å². The highest BCUT2D eigenvalue weighted by Gasteiger charge is 2.30. The van der Waals surface area contributed by atoms with Crippen LogP contribution in [0.1, 0.15) is 32.6 Å². The van der Waals surface area contributed by atoms with Gasteiger partial charge < -0.3 is 14.4 Å². The lowest BCUT2D eigenvalue weighted by Gasteiger charge is -2.41. The molecule has 0 radical (unpaired) electrons. The lowest BCUT2D eigenvalue weighted by atomic mass is 9.85. The van der Waals surface area contributed by atoms with Gasteiger partial charge in [0.1, 0.15) is 12.8 Å². The number of hydrogen-bond donors (Lipinski definition) is 0. The molecule has 0 bridgehead atoms. The van der Waals surface area contributed by atoms with Gasteiger partial charge in [-0.05, 0) is 56.7 Å². The molecule has 180 valence electrons. The van der Waals surface area contributed by atoms with Crippen molar-refractivity contribution in [1.82, 2.24) is 9.80 Å². The van der Waals surface area contributed by atoms with E-state index in [-0.39, 0.29) is 10.6 Å². The minimum atomic E-state index is -3.45. The van der Waals surface area contributed by atoms with E-state index in [2.05, 4.69) is 4.90 Å². The topological polar surface area (TPSA) is 76.2 Å². The van der Waals surface area contributed by atoms with Gasteiger partial charge in [0.25, 0.3) is 0 Å². The summed E-state index contributed by atoms with van der Waals surface area (Å²) in [6, 6.07) is 4.17. The third kappa shape index (κ3) is 6.54. The summed E-state index contributed by atoms with van der Waals surface area (Å²) < 4.78 is 60.4. The van der Waals surface area contributed by atoms with Crippen LogP contribution in [0.4, 0.5) is 13.6 Å². The van der Waals surface area contributed by atoms with Crippen LogP contribution < -0.4 is 4.74 Å². The monoisotopic (exact) mass is 474 g/mol. The molecular weight excluding hydrogens is 442 g/mol. The minimum Gasteiger partial charge on any atom is -0.490 e. The molecule has 32 heavy (non-hydrogen) atoms. The van der Waals surface area contributed by atoms with Gasteiger partial charge in [-0.1, -0.05) is 0 Å². The van der Waals surface area contributed by atoms with Crippen LogP contribution in [0.5, 0.6) is 5.75 Å². The van der Waals surface area contributed by atoms with Crippen molar-refractivity contribution in [3.63, 3.8) is 0 Å². The molecule has 2 fully saturated rings. The van der Waals surface area contributed by atoms with Crippen LogP contribution in [-0.2, 0) is 14.6 Å². The largest absolute Gasteiger partial charge is 0.490 e. The molecule has 1 atom stereocenters. The number of piperazine rings is 1. The Bertz CT molecular complexity index is 882. The molecule has 2 aliphatic rings. The van der Waals surface area contributed by atoms with E-state index in [0.29, 0.717) is 31.7 Å². The molecule has 1 aromatic carbocycles. The van der Waals surface area contributed by atoms with Crippen LogP contribution in [0.3, 0.4) is 0 Å². The molecule has 1 aromatic rings. The summed E-state index contributed by atoms with van der Waals surface area (Å²) in [6.45, 7) is 3.93. The lowest BCUT2D eigenvalue weighted by Crippen LogP contribution is -2.53. The maximum atomic E-state index is 14.2. The standard InChI is InChI=1S/C22H32F2N2O5S/c1-16(14-23)31-22(27)26-11-9-25(10-12-26)18-5-3-17(4-6-18)15-30-21-8-7-19(13-20(21)24)32(2,28)29/h7-8,13,16-18H,3-6,9-12,14-15H2,1-2H3/t16-,17?,18?/m1/s1. The third-order valence-corrected chi connectivity index (χ3v) is 7.34. The number of alkyl halides is 1. The first-order valence-electron chi connectivity index (χ1n) is 11.1. The number of carbonyl (C=O) groups excluding carboxylic acids is 1. The Morgan fingerprint density at radius 2 is 1.81 bits per heavy atom. The fraction of sp³-hybridized carbons (Fsp3) is 0.682. The molecule has 0 unspecified atom stereocenters. The Balaban J connectivity index is 1.40. The minimum absolute atomic E-state index is 0.0619. The second-order valence-electron chi connectivity index (χ2n) is 8.72. The van der Waals surface area contributed by atoms with E-state index in [4.69, 9.17) is 9.47 Å². The SMILES string of the molecule is C[C@H](CF)OC(=O)N1CCN(C2CCC(COc3ccc(S(C)(=O)=O)cc3F)CC2)CC1. The average molecular weight is 475 g/mol. The van der Waals surface area contributed by atoms with E-state index in [1.807, 2.05) is 0 Å². The smallest absolute Gasteiger partial charge is 0.410 e. The van der Waals surface area contributed by atoms with Gasteiger partial charge in [0.05, 0.1) is 11.5 Å². The van der Waals surface area contributed by atoms with Crippen LogP contribution in [0.2, 0.25) is 0 Å². The number of sulfone groups is 1. The first-order chi connectivity index (χ1) is 15.2. The molecule has 1 amide bonds. The third-order valence-electron chi connectivity index (χ3n) is 6.23. The number of rotatable bonds is 7. The van der Waals surface area contributed by atoms with Crippen molar-refractivity contribution in [2.45, 2.75) is 49.6 Å². The van der Waals surface area contributed by atoms with Gasteiger partial charge in [-0.15, -0.1) is 0 Å². The van der Waals surface area contributed by atoms with Gasteiger partial charge in [-0.2, -0.15) is 0 Å². The predicted octanol–water partition coefficient (Wildman–Crippen LogP) is 3.28. The molecule has 0 aromatic heterocycles. The fourth-order valence-electron chi connectivity index (χ4n) is 4.26. The fourth-order valence-corrected chi connectivity index (χ4v) is 4.89. The van der Waals surface area contributed by atoms with Crippen molar-refractivity contribution < 1.29 is 31.5 Å². The van der Waals surface area contributed by atoms with E-state index >= 15 is 0 Å². The lowest BCUT2D eigenvalue weighted by molar-refractivity contribution is 0.0292. The number of nitrogens with zero attached hydrogens (tertiary/aromatic N) is 2. The normalized spacial score (nSPS) is 23.6. The Kier molecular flexibility index (Phi) is 8.32. The maximum Gasteiger partial charge on any atom is 0.410 e. The first kappa shape index (κ1) is 24.7.